The first kappa shape index (κ1) is 10.9. The van der Waals surface area contributed by atoms with Crippen LogP contribution in [0.15, 0.2) is 18.2 Å². The molecule has 0 radical (unpaired) electrons. The second-order valence-electron chi connectivity index (χ2n) is 3.87. The van der Waals surface area contributed by atoms with Gasteiger partial charge in [-0.1, -0.05) is 6.07 Å². The molecule has 1 aromatic carbocycles. The Morgan fingerprint density at radius 2 is 2.12 bits per heavy atom. The molecule has 0 aromatic heterocycles. The minimum absolute atomic E-state index is 0.687. The third-order valence-corrected chi connectivity index (χ3v) is 2.59. The quantitative estimate of drug-likeness (QED) is 0.816. The van der Waals surface area contributed by atoms with Gasteiger partial charge in [-0.05, 0) is 24.6 Å². The second-order valence-corrected chi connectivity index (χ2v) is 3.87. The van der Waals surface area contributed by atoms with Crippen LogP contribution in [0.25, 0.3) is 0 Å². The van der Waals surface area contributed by atoms with Crippen molar-refractivity contribution >= 4 is 5.69 Å². The van der Waals surface area contributed by atoms with Crippen molar-refractivity contribution in [3.8, 4) is 6.07 Å². The van der Waals surface area contributed by atoms with Gasteiger partial charge in [0.05, 0.1) is 24.5 Å². The summed E-state index contributed by atoms with van der Waals surface area (Å²) in [7, 11) is 0. The Labute approximate surface area is 95.4 Å². The highest BCUT2D eigenvalue weighted by Crippen LogP contribution is 2.17. The number of morpholine rings is 1. The van der Waals surface area contributed by atoms with Gasteiger partial charge in [0.2, 0.25) is 0 Å². The Hall–Kier alpha value is -1.57. The largest absolute Gasteiger partial charge is 0.379 e. The zero-order valence-corrected chi connectivity index (χ0v) is 9.36. The van der Waals surface area contributed by atoms with Crippen LogP contribution in [0.1, 0.15) is 11.1 Å². The Balaban J connectivity index is 2.11. The van der Waals surface area contributed by atoms with Crippen LogP contribution >= 0.6 is 0 Å². The van der Waals surface area contributed by atoms with E-state index < -0.39 is 0 Å². The summed E-state index contributed by atoms with van der Waals surface area (Å²) in [4.78, 5) is 0. The summed E-state index contributed by atoms with van der Waals surface area (Å²) < 4.78 is 5.27. The highest BCUT2D eigenvalue weighted by Gasteiger charge is 2.11. The van der Waals surface area contributed by atoms with Crippen molar-refractivity contribution in [2.24, 2.45) is 0 Å². The van der Waals surface area contributed by atoms with Crippen molar-refractivity contribution in [1.29, 1.82) is 5.26 Å². The number of hydrogen-bond acceptors (Lipinski definition) is 4. The lowest BCUT2D eigenvalue weighted by Crippen LogP contribution is -2.40. The van der Waals surface area contributed by atoms with Gasteiger partial charge in [0, 0.05) is 13.1 Å². The first-order chi connectivity index (χ1) is 7.79. The van der Waals surface area contributed by atoms with E-state index in [2.05, 4.69) is 16.5 Å². The molecule has 0 amide bonds. The van der Waals surface area contributed by atoms with Crippen molar-refractivity contribution in [2.45, 2.75) is 6.92 Å². The molecule has 4 nitrogen and oxygen atoms in total. The molecule has 1 heterocycles. The minimum atomic E-state index is 0.687. The smallest absolute Gasteiger partial charge is 0.101 e. The molecule has 1 aliphatic rings. The zero-order chi connectivity index (χ0) is 11.4. The van der Waals surface area contributed by atoms with Crippen LogP contribution < -0.4 is 5.43 Å². The molecule has 1 fully saturated rings. The monoisotopic (exact) mass is 217 g/mol. The number of aryl methyl sites for hydroxylation is 1. The van der Waals surface area contributed by atoms with Crippen LogP contribution in [0.2, 0.25) is 0 Å². The van der Waals surface area contributed by atoms with Gasteiger partial charge in [0.1, 0.15) is 6.07 Å². The molecule has 1 saturated heterocycles. The number of nitrogens with one attached hydrogen (secondary N) is 1. The molecule has 0 spiro atoms. The van der Waals surface area contributed by atoms with Crippen LogP contribution in [0.5, 0.6) is 0 Å². The number of hydrogen-bond donors (Lipinski definition) is 1. The summed E-state index contributed by atoms with van der Waals surface area (Å²) in [5.41, 5.74) is 5.92. The minimum Gasteiger partial charge on any atom is -0.379 e. The van der Waals surface area contributed by atoms with E-state index in [9.17, 15) is 0 Å². The van der Waals surface area contributed by atoms with E-state index in [-0.39, 0.29) is 0 Å². The Morgan fingerprint density at radius 3 is 2.81 bits per heavy atom. The van der Waals surface area contributed by atoms with E-state index in [4.69, 9.17) is 10.00 Å². The Morgan fingerprint density at radius 1 is 1.38 bits per heavy atom. The van der Waals surface area contributed by atoms with Crippen LogP contribution in [0, 0.1) is 18.3 Å². The van der Waals surface area contributed by atoms with Gasteiger partial charge in [-0.25, -0.2) is 5.01 Å². The van der Waals surface area contributed by atoms with Crippen molar-refractivity contribution in [3.05, 3.63) is 29.3 Å². The number of rotatable bonds is 2. The fraction of sp³-hybridized carbons (Fsp3) is 0.417. The predicted octanol–water partition coefficient (Wildman–Crippen LogP) is 1.53. The van der Waals surface area contributed by atoms with Gasteiger partial charge in [-0.2, -0.15) is 5.26 Å². The molecular formula is C12H15N3O. The third-order valence-electron chi connectivity index (χ3n) is 2.59. The predicted molar refractivity (Wildman–Crippen MR) is 61.9 cm³/mol. The molecule has 0 saturated carbocycles. The lowest BCUT2D eigenvalue weighted by atomic mass is 10.1. The van der Waals surface area contributed by atoms with Crippen molar-refractivity contribution in [2.75, 3.05) is 31.7 Å². The van der Waals surface area contributed by atoms with Gasteiger partial charge < -0.3 is 10.2 Å². The van der Waals surface area contributed by atoms with Crippen molar-refractivity contribution in [3.63, 3.8) is 0 Å². The van der Waals surface area contributed by atoms with Gasteiger partial charge in [0.25, 0.3) is 0 Å². The molecule has 4 heteroatoms. The Kier molecular flexibility index (Phi) is 3.40. The molecule has 1 aliphatic heterocycles. The maximum atomic E-state index is 9.04. The first-order valence-corrected chi connectivity index (χ1v) is 5.40. The number of ether oxygens (including phenoxy) is 1. The maximum Gasteiger partial charge on any atom is 0.101 e. The summed E-state index contributed by atoms with van der Waals surface area (Å²) in [6.07, 6.45) is 0. The summed E-state index contributed by atoms with van der Waals surface area (Å²) in [6, 6.07) is 8.05. The lowest BCUT2D eigenvalue weighted by Gasteiger charge is -2.28. The van der Waals surface area contributed by atoms with Gasteiger partial charge >= 0.3 is 0 Å². The summed E-state index contributed by atoms with van der Waals surface area (Å²) in [5, 5.41) is 11.1. The number of nitrogens with zero attached hydrogens (tertiary/aromatic N) is 2. The first-order valence-electron chi connectivity index (χ1n) is 5.40. The maximum absolute atomic E-state index is 9.04. The molecule has 16 heavy (non-hydrogen) atoms. The average Bonchev–Trinajstić information content (AvgIpc) is 2.33. The molecule has 0 unspecified atom stereocenters. The second kappa shape index (κ2) is 4.97. The zero-order valence-electron chi connectivity index (χ0n) is 9.36. The van der Waals surface area contributed by atoms with Crippen molar-refractivity contribution < 1.29 is 4.74 Å². The van der Waals surface area contributed by atoms with E-state index in [1.165, 1.54) is 0 Å². The number of nitriles is 1. The van der Waals surface area contributed by atoms with E-state index in [1.807, 2.05) is 25.1 Å². The fourth-order valence-corrected chi connectivity index (χ4v) is 1.69. The third kappa shape index (κ3) is 2.51. The average molecular weight is 217 g/mol. The molecule has 2 rings (SSSR count). The van der Waals surface area contributed by atoms with E-state index in [0.717, 1.165) is 37.6 Å². The molecule has 0 bridgehead atoms. The van der Waals surface area contributed by atoms with Gasteiger partial charge in [-0.3, -0.25) is 0 Å². The summed E-state index contributed by atoms with van der Waals surface area (Å²) in [6.45, 7) is 5.15. The van der Waals surface area contributed by atoms with E-state index in [0.29, 0.717) is 5.56 Å². The van der Waals surface area contributed by atoms with Gasteiger partial charge in [0.15, 0.2) is 0 Å². The summed E-state index contributed by atoms with van der Waals surface area (Å²) in [5.74, 6) is 0. The van der Waals surface area contributed by atoms with Crippen LogP contribution in [-0.2, 0) is 4.74 Å². The standard InChI is InChI=1S/C12H15N3O/c1-10-2-3-12(11(8-10)9-13)14-15-4-6-16-7-5-15/h2-3,8,14H,4-7H2,1H3. The molecule has 1 N–H and O–H groups in total. The number of anilines is 1. The van der Waals surface area contributed by atoms with Gasteiger partial charge in [-0.15, -0.1) is 0 Å². The SMILES string of the molecule is Cc1ccc(NN2CCOCC2)c(C#N)c1. The molecule has 84 valence electrons. The lowest BCUT2D eigenvalue weighted by molar-refractivity contribution is 0.0497. The topological polar surface area (TPSA) is 48.3 Å². The number of benzene rings is 1. The van der Waals surface area contributed by atoms with E-state index >= 15 is 0 Å². The van der Waals surface area contributed by atoms with Crippen LogP contribution in [0.4, 0.5) is 5.69 Å². The van der Waals surface area contributed by atoms with Crippen LogP contribution in [-0.4, -0.2) is 31.3 Å². The van der Waals surface area contributed by atoms with Crippen LogP contribution in [0.3, 0.4) is 0 Å². The number of hydrazine groups is 1. The molecule has 0 atom stereocenters. The van der Waals surface area contributed by atoms with E-state index in [1.54, 1.807) is 0 Å². The molecular weight excluding hydrogens is 202 g/mol. The highest BCUT2D eigenvalue weighted by molar-refractivity contribution is 5.57. The fourth-order valence-electron chi connectivity index (χ4n) is 1.69. The molecule has 0 aliphatic carbocycles. The summed E-state index contributed by atoms with van der Waals surface area (Å²) >= 11 is 0. The normalized spacial score (nSPS) is 16.8. The highest BCUT2D eigenvalue weighted by atomic mass is 16.5. The molecule has 1 aromatic rings. The van der Waals surface area contributed by atoms with Crippen molar-refractivity contribution in [1.82, 2.24) is 5.01 Å². The Bertz CT molecular complexity index is 405.